The lowest BCUT2D eigenvalue weighted by Gasteiger charge is -2.36. The van der Waals surface area contributed by atoms with E-state index in [0.29, 0.717) is 41.8 Å². The largest absolute Gasteiger partial charge is 0.484 e. The molecule has 2 fully saturated rings. The fourth-order valence-electron chi connectivity index (χ4n) is 7.07. The molecule has 1 aromatic heterocycles. The minimum atomic E-state index is -0.373. The summed E-state index contributed by atoms with van der Waals surface area (Å²) in [6, 6.07) is 19.2. The first-order valence-electron chi connectivity index (χ1n) is 18.9. The third-order valence-electron chi connectivity index (χ3n) is 10.3. The lowest BCUT2D eigenvalue weighted by Crippen LogP contribution is -2.47. The van der Waals surface area contributed by atoms with Crippen molar-refractivity contribution >= 4 is 23.5 Å². The highest BCUT2D eigenvalue weighted by Crippen LogP contribution is 2.38. The van der Waals surface area contributed by atoms with Gasteiger partial charge in [-0.2, -0.15) is 0 Å². The van der Waals surface area contributed by atoms with Gasteiger partial charge in [0.25, 0.3) is 0 Å². The molecule has 0 unspecified atom stereocenters. The van der Waals surface area contributed by atoms with Gasteiger partial charge < -0.3 is 25.4 Å². The third-order valence-corrected chi connectivity index (χ3v) is 10.3. The third kappa shape index (κ3) is 9.74. The molecule has 2 aromatic carbocycles. The number of hydrogen-bond donors (Lipinski definition) is 5. The fourth-order valence-corrected chi connectivity index (χ4v) is 7.07. The van der Waals surface area contributed by atoms with Crippen LogP contribution in [-0.2, 0) is 11.3 Å². The number of nitrogens with one attached hydrogen (secondary N) is 4. The SMILES string of the molecule is C[C@H]1CCCCN1C(=N)n1cc(O[C@@H]2CC[C@H](NC(=O)NC(/C=C(\N)C(C)(C)C)=Nc3ccc(CN4CCOCC4)cc3)c3ccccc32)ccc1=N. The number of aromatic nitrogens is 1. The van der Waals surface area contributed by atoms with E-state index in [1.54, 1.807) is 29.0 Å². The van der Waals surface area contributed by atoms with Crippen molar-refractivity contribution in [2.45, 2.75) is 84.5 Å². The number of piperidine rings is 1. The maximum atomic E-state index is 13.6. The van der Waals surface area contributed by atoms with E-state index >= 15 is 0 Å². The number of allylic oxidation sites excluding steroid dienone is 1. The van der Waals surface area contributed by atoms with Crippen LogP contribution in [0.4, 0.5) is 10.5 Å². The number of nitrogens with two attached hydrogens (primary N) is 1. The molecule has 3 aliphatic rings. The standard InChI is InChI=1S/C41H55N9O3/c1-28-9-7-8-20-49(28)39(44)50-27-31(16-19-37(50)43)53-35-18-17-34(32-10-5-6-11-33(32)35)46-40(51)47-38(25-36(42)41(2,3)4)45-30-14-12-29(13-15-30)26-48-21-23-52-24-22-48/h5-6,10-16,19,25,27-28,34-35,43-44H,7-9,17-18,20-24,26,42H2,1-4H3,(H2,45,46,47,51)/b36-25-,43-37?,44-39?/t28-,34-,35+/m0/s1. The van der Waals surface area contributed by atoms with Gasteiger partial charge in [0, 0.05) is 49.4 Å². The number of benzene rings is 2. The molecule has 2 saturated heterocycles. The predicted molar refractivity (Wildman–Crippen MR) is 208 cm³/mol. The minimum absolute atomic E-state index is 0.238. The molecule has 6 rings (SSSR count). The average Bonchev–Trinajstić information content (AvgIpc) is 3.14. The number of fused-ring (bicyclic) bond motifs is 1. The minimum Gasteiger partial charge on any atom is -0.484 e. The van der Waals surface area contributed by atoms with E-state index in [2.05, 4.69) is 39.5 Å². The number of nitrogens with zero attached hydrogens (tertiary/aromatic N) is 4. The summed E-state index contributed by atoms with van der Waals surface area (Å²) in [6.45, 7) is 13.2. The number of amidine groups is 1. The molecular weight excluding hydrogens is 667 g/mol. The second kappa shape index (κ2) is 16.8. The first-order chi connectivity index (χ1) is 25.4. The molecule has 12 nitrogen and oxygen atoms in total. The van der Waals surface area contributed by atoms with Crippen molar-refractivity contribution in [3.05, 3.63) is 101 Å². The number of hydrogen-bond acceptors (Lipinski definition) is 8. The normalized spacial score (nSPS) is 21.4. The first kappa shape index (κ1) is 37.8. The number of carbonyl (C=O) groups is 1. The monoisotopic (exact) mass is 721 g/mol. The zero-order chi connectivity index (χ0) is 37.5. The Morgan fingerprint density at radius 2 is 1.74 bits per heavy atom. The van der Waals surface area contributed by atoms with E-state index in [1.807, 2.05) is 57.2 Å². The van der Waals surface area contributed by atoms with Crippen LogP contribution in [0.1, 0.15) is 88.6 Å². The molecule has 2 amide bonds. The van der Waals surface area contributed by atoms with Crippen molar-refractivity contribution in [2.75, 3.05) is 32.8 Å². The number of ether oxygens (including phenoxy) is 2. The molecule has 12 heteroatoms. The van der Waals surface area contributed by atoms with Crippen LogP contribution in [0.15, 0.2) is 83.6 Å². The highest BCUT2D eigenvalue weighted by molar-refractivity contribution is 6.05. The summed E-state index contributed by atoms with van der Waals surface area (Å²) in [4.78, 5) is 22.9. The number of urea groups is 1. The van der Waals surface area contributed by atoms with Crippen molar-refractivity contribution < 1.29 is 14.3 Å². The van der Waals surface area contributed by atoms with Gasteiger partial charge in [0.05, 0.1) is 31.1 Å². The zero-order valence-corrected chi connectivity index (χ0v) is 31.5. The van der Waals surface area contributed by atoms with Crippen LogP contribution in [0, 0.1) is 16.2 Å². The van der Waals surface area contributed by atoms with Gasteiger partial charge >= 0.3 is 6.03 Å². The van der Waals surface area contributed by atoms with Gasteiger partial charge in [-0.1, -0.05) is 57.2 Å². The number of likely N-dealkylation sites (tertiary alicyclic amines) is 1. The van der Waals surface area contributed by atoms with Crippen LogP contribution in [0.25, 0.3) is 0 Å². The number of amides is 2. The summed E-state index contributed by atoms with van der Waals surface area (Å²) >= 11 is 0. The molecule has 0 bridgehead atoms. The summed E-state index contributed by atoms with van der Waals surface area (Å²) in [5, 5.41) is 23.6. The van der Waals surface area contributed by atoms with Crippen LogP contribution in [0.5, 0.6) is 5.75 Å². The van der Waals surface area contributed by atoms with Crippen LogP contribution >= 0.6 is 0 Å². The fraction of sp³-hybridized carbons (Fsp3) is 0.463. The van der Waals surface area contributed by atoms with E-state index in [-0.39, 0.29) is 35.1 Å². The quantitative estimate of drug-likeness (QED) is 0.142. The molecule has 3 aromatic rings. The van der Waals surface area contributed by atoms with E-state index in [4.69, 9.17) is 31.0 Å². The van der Waals surface area contributed by atoms with Crippen molar-refractivity contribution in [1.29, 1.82) is 10.8 Å². The Morgan fingerprint density at radius 3 is 2.45 bits per heavy atom. The van der Waals surface area contributed by atoms with Crippen LogP contribution in [-0.4, -0.2) is 71.1 Å². The van der Waals surface area contributed by atoms with Crippen molar-refractivity contribution in [1.82, 2.24) is 25.0 Å². The molecule has 3 heterocycles. The lowest BCUT2D eigenvalue weighted by atomic mass is 9.85. The van der Waals surface area contributed by atoms with Crippen molar-refractivity contribution in [3.63, 3.8) is 0 Å². The van der Waals surface area contributed by atoms with Gasteiger partial charge in [0.15, 0.2) is 0 Å². The van der Waals surface area contributed by atoms with Crippen molar-refractivity contribution in [2.24, 2.45) is 16.1 Å². The Hall–Kier alpha value is -4.94. The molecular formula is C41H55N9O3. The van der Waals surface area contributed by atoms with E-state index in [9.17, 15) is 4.79 Å². The number of morpholine rings is 1. The Kier molecular flexibility index (Phi) is 12.0. The Balaban J connectivity index is 1.15. The van der Waals surface area contributed by atoms with Crippen LogP contribution in [0.2, 0.25) is 0 Å². The van der Waals surface area contributed by atoms with Crippen LogP contribution < -0.4 is 26.6 Å². The first-order valence-corrected chi connectivity index (χ1v) is 18.9. The zero-order valence-electron chi connectivity index (χ0n) is 31.5. The number of rotatable bonds is 7. The van der Waals surface area contributed by atoms with Gasteiger partial charge in [-0.25, -0.2) is 9.79 Å². The molecule has 0 saturated carbocycles. The average molecular weight is 722 g/mol. The van der Waals surface area contributed by atoms with Gasteiger partial charge in [-0.05, 0) is 80.0 Å². The van der Waals surface area contributed by atoms with Crippen molar-refractivity contribution in [3.8, 4) is 5.75 Å². The maximum absolute atomic E-state index is 13.6. The van der Waals surface area contributed by atoms with E-state index < -0.39 is 0 Å². The Morgan fingerprint density at radius 1 is 1.00 bits per heavy atom. The molecule has 1 aliphatic carbocycles. The molecule has 2 aliphatic heterocycles. The summed E-state index contributed by atoms with van der Waals surface area (Å²) in [5.74, 6) is 1.25. The smallest absolute Gasteiger partial charge is 0.320 e. The summed E-state index contributed by atoms with van der Waals surface area (Å²) < 4.78 is 13.6. The second-order valence-electron chi connectivity index (χ2n) is 15.3. The highest BCUT2D eigenvalue weighted by atomic mass is 16.5. The molecule has 0 spiro atoms. The highest BCUT2D eigenvalue weighted by Gasteiger charge is 2.30. The molecule has 6 N–H and O–H groups in total. The molecule has 0 radical (unpaired) electrons. The molecule has 282 valence electrons. The number of pyridine rings is 1. The van der Waals surface area contributed by atoms with Gasteiger partial charge in [-0.15, -0.1) is 0 Å². The number of aliphatic imine (C=N–C) groups is 1. The topological polar surface area (TPSA) is 157 Å². The predicted octanol–water partition coefficient (Wildman–Crippen LogP) is 6.33. The summed E-state index contributed by atoms with van der Waals surface area (Å²) in [5.41, 5.74) is 10.9. The van der Waals surface area contributed by atoms with E-state index in [0.717, 1.165) is 69.8 Å². The lowest BCUT2D eigenvalue weighted by molar-refractivity contribution is 0.0342. The van der Waals surface area contributed by atoms with Crippen LogP contribution in [0.3, 0.4) is 0 Å². The van der Waals surface area contributed by atoms with Gasteiger partial charge in [0.1, 0.15) is 23.2 Å². The number of carbonyl (C=O) groups excluding carboxylic acids is 1. The Labute approximate surface area is 313 Å². The molecule has 3 atom stereocenters. The molecule has 53 heavy (non-hydrogen) atoms. The summed E-state index contributed by atoms with van der Waals surface area (Å²) in [6.07, 6.45) is 7.80. The Bertz CT molecular complexity index is 1870. The maximum Gasteiger partial charge on any atom is 0.320 e. The van der Waals surface area contributed by atoms with Gasteiger partial charge in [-0.3, -0.25) is 25.6 Å². The van der Waals surface area contributed by atoms with Gasteiger partial charge in [0.2, 0.25) is 5.96 Å². The second-order valence-corrected chi connectivity index (χ2v) is 15.3. The summed E-state index contributed by atoms with van der Waals surface area (Å²) in [7, 11) is 0. The van der Waals surface area contributed by atoms with E-state index in [1.165, 1.54) is 5.56 Å².